The zero-order valence-corrected chi connectivity index (χ0v) is 19.9. The van der Waals surface area contributed by atoms with Crippen LogP contribution in [0.1, 0.15) is 44.6 Å². The molecule has 10 heteroatoms. The first kappa shape index (κ1) is 22.4. The fourth-order valence-electron chi connectivity index (χ4n) is 6.30. The van der Waals surface area contributed by atoms with Crippen LogP contribution in [-0.2, 0) is 4.74 Å². The minimum absolute atomic E-state index is 0.0911. The molecule has 1 aromatic carbocycles. The summed E-state index contributed by atoms with van der Waals surface area (Å²) in [6.07, 6.45) is 3.47. The van der Waals surface area contributed by atoms with Gasteiger partial charge in [-0.15, -0.1) is 0 Å². The van der Waals surface area contributed by atoms with Crippen LogP contribution in [-0.4, -0.2) is 64.0 Å². The Labute approximate surface area is 206 Å². The van der Waals surface area contributed by atoms with Gasteiger partial charge in [-0.1, -0.05) is 6.07 Å². The number of rotatable bonds is 4. The Hall–Kier alpha value is -2.85. The zero-order valence-electron chi connectivity index (χ0n) is 19.9. The lowest BCUT2D eigenvalue weighted by Crippen LogP contribution is -2.66. The molecule has 0 radical (unpaired) electrons. The summed E-state index contributed by atoms with van der Waals surface area (Å²) in [4.78, 5) is 25.4. The topological polar surface area (TPSA) is 92.5 Å². The molecule has 8 nitrogen and oxygen atoms in total. The fraction of sp³-hybridized carbons (Fsp3) is 0.577. The number of nitrogens with zero attached hydrogens (tertiary/aromatic N) is 4. The van der Waals surface area contributed by atoms with Crippen LogP contribution in [0.4, 0.5) is 20.4 Å². The molecule has 36 heavy (non-hydrogen) atoms. The van der Waals surface area contributed by atoms with Crippen LogP contribution in [0.15, 0.2) is 29.2 Å². The van der Waals surface area contributed by atoms with Crippen LogP contribution in [0.3, 0.4) is 0 Å². The molecule has 190 valence electrons. The van der Waals surface area contributed by atoms with Crippen LogP contribution in [0, 0.1) is 5.41 Å². The highest BCUT2D eigenvalue weighted by Crippen LogP contribution is 2.42. The molecule has 2 saturated heterocycles. The smallest absolute Gasteiger partial charge is 0.260 e. The van der Waals surface area contributed by atoms with E-state index in [9.17, 15) is 18.7 Å². The van der Waals surface area contributed by atoms with Crippen molar-refractivity contribution < 1.29 is 18.6 Å². The predicted octanol–water partition coefficient (Wildman–Crippen LogP) is 3.47. The lowest BCUT2D eigenvalue weighted by Gasteiger charge is -2.56. The molecular weight excluding hydrogens is 468 g/mol. The second kappa shape index (κ2) is 7.82. The summed E-state index contributed by atoms with van der Waals surface area (Å²) in [6.45, 7) is 3.46. The van der Waals surface area contributed by atoms with Crippen molar-refractivity contribution in [1.82, 2.24) is 14.5 Å². The van der Waals surface area contributed by atoms with Crippen molar-refractivity contribution in [3.8, 4) is 0 Å². The van der Waals surface area contributed by atoms with Gasteiger partial charge in [-0.3, -0.25) is 9.36 Å². The molecule has 2 aliphatic heterocycles. The van der Waals surface area contributed by atoms with E-state index in [1.807, 2.05) is 18.2 Å². The first-order chi connectivity index (χ1) is 17.3. The molecule has 2 aliphatic carbocycles. The summed E-state index contributed by atoms with van der Waals surface area (Å²) in [7, 11) is 0. The number of aromatic nitrogens is 3. The Morgan fingerprint density at radius 3 is 2.47 bits per heavy atom. The Morgan fingerprint density at radius 1 is 1.06 bits per heavy atom. The SMILES string of the molecule is O=c1c2cc(N3CC4(COC4)C3)ccc2c2cnc(NC3CC(F)(F)C3)nc2n1[C@H]1CC[C@H](O)CC1. The van der Waals surface area contributed by atoms with E-state index in [0.29, 0.717) is 36.7 Å². The number of anilines is 2. The Balaban J connectivity index is 1.31. The number of alkyl halides is 2. The number of aliphatic hydroxyl groups is 1. The van der Waals surface area contributed by atoms with Gasteiger partial charge >= 0.3 is 0 Å². The van der Waals surface area contributed by atoms with Crippen molar-refractivity contribution in [1.29, 1.82) is 0 Å². The van der Waals surface area contributed by atoms with Gasteiger partial charge in [-0.25, -0.2) is 13.8 Å². The lowest BCUT2D eigenvalue weighted by molar-refractivity contribution is -0.127. The summed E-state index contributed by atoms with van der Waals surface area (Å²) in [6, 6.07) is 5.50. The Kier molecular flexibility index (Phi) is 4.86. The number of hydrogen-bond donors (Lipinski definition) is 2. The molecule has 2 aromatic heterocycles. The van der Waals surface area contributed by atoms with E-state index < -0.39 is 5.92 Å². The lowest BCUT2D eigenvalue weighted by atomic mass is 9.77. The first-order valence-electron chi connectivity index (χ1n) is 12.8. The molecule has 7 rings (SSSR count). The third-order valence-electron chi connectivity index (χ3n) is 8.43. The number of pyridine rings is 1. The van der Waals surface area contributed by atoms with E-state index in [2.05, 4.69) is 20.2 Å². The Morgan fingerprint density at radius 2 is 1.81 bits per heavy atom. The summed E-state index contributed by atoms with van der Waals surface area (Å²) in [5, 5.41) is 15.2. The van der Waals surface area contributed by atoms with E-state index >= 15 is 0 Å². The average molecular weight is 498 g/mol. The maximum absolute atomic E-state index is 14.0. The number of halogens is 2. The van der Waals surface area contributed by atoms with Crippen LogP contribution in [0.25, 0.3) is 21.8 Å². The van der Waals surface area contributed by atoms with Crippen LogP contribution >= 0.6 is 0 Å². The third-order valence-corrected chi connectivity index (χ3v) is 8.43. The van der Waals surface area contributed by atoms with E-state index in [4.69, 9.17) is 4.74 Å². The van der Waals surface area contributed by atoms with Crippen molar-refractivity contribution in [3.05, 3.63) is 34.7 Å². The first-order valence-corrected chi connectivity index (χ1v) is 12.8. The summed E-state index contributed by atoms with van der Waals surface area (Å²) < 4.78 is 33.8. The van der Waals surface area contributed by atoms with Gasteiger partial charge in [0.2, 0.25) is 5.95 Å². The highest BCUT2D eigenvalue weighted by molar-refractivity contribution is 6.05. The van der Waals surface area contributed by atoms with E-state index in [-0.39, 0.29) is 48.0 Å². The molecule has 0 atom stereocenters. The summed E-state index contributed by atoms with van der Waals surface area (Å²) in [5.74, 6) is -2.38. The van der Waals surface area contributed by atoms with E-state index in [1.165, 1.54) is 0 Å². The normalized spacial score (nSPS) is 27.0. The maximum Gasteiger partial charge on any atom is 0.260 e. The van der Waals surface area contributed by atoms with Crippen molar-refractivity contribution in [2.24, 2.45) is 5.41 Å². The number of hydrogen-bond acceptors (Lipinski definition) is 7. The largest absolute Gasteiger partial charge is 0.393 e. The Bertz CT molecular complexity index is 1400. The van der Waals surface area contributed by atoms with Crippen molar-refractivity contribution in [3.63, 3.8) is 0 Å². The van der Waals surface area contributed by atoms with Gasteiger partial charge in [0.05, 0.1) is 30.1 Å². The zero-order chi connectivity index (χ0) is 24.7. The second-order valence-electron chi connectivity index (χ2n) is 11.3. The second-order valence-corrected chi connectivity index (χ2v) is 11.3. The maximum atomic E-state index is 14.0. The quantitative estimate of drug-likeness (QED) is 0.534. The predicted molar refractivity (Wildman–Crippen MR) is 132 cm³/mol. The van der Waals surface area contributed by atoms with Gasteiger partial charge in [0.25, 0.3) is 11.5 Å². The van der Waals surface area contributed by atoms with Gasteiger partial charge in [-0.05, 0) is 43.2 Å². The summed E-state index contributed by atoms with van der Waals surface area (Å²) >= 11 is 0. The van der Waals surface area contributed by atoms with Crippen molar-refractivity contribution in [2.45, 2.75) is 62.6 Å². The van der Waals surface area contributed by atoms with Crippen LogP contribution < -0.4 is 15.8 Å². The average Bonchev–Trinajstić information content (AvgIpc) is 2.77. The fourth-order valence-corrected chi connectivity index (χ4v) is 6.30. The monoisotopic (exact) mass is 497 g/mol. The molecule has 2 saturated carbocycles. The number of ether oxygens (including phenoxy) is 1. The van der Waals surface area contributed by atoms with Gasteiger partial charge < -0.3 is 20.1 Å². The molecule has 4 aliphatic rings. The number of benzene rings is 1. The number of aliphatic hydroxyl groups excluding tert-OH is 1. The van der Waals surface area contributed by atoms with Crippen molar-refractivity contribution >= 4 is 33.4 Å². The molecule has 0 unspecified atom stereocenters. The number of fused-ring (bicyclic) bond motifs is 3. The molecule has 4 heterocycles. The van der Waals surface area contributed by atoms with Crippen LogP contribution in [0.2, 0.25) is 0 Å². The third kappa shape index (κ3) is 3.56. The molecule has 3 aromatic rings. The highest BCUT2D eigenvalue weighted by Gasteiger charge is 2.49. The molecule has 1 spiro atoms. The molecule has 4 fully saturated rings. The van der Waals surface area contributed by atoms with Gasteiger partial charge in [0.1, 0.15) is 5.65 Å². The highest BCUT2D eigenvalue weighted by atomic mass is 19.3. The van der Waals surface area contributed by atoms with E-state index in [1.54, 1.807) is 10.8 Å². The summed E-state index contributed by atoms with van der Waals surface area (Å²) in [5.41, 5.74) is 1.69. The molecule has 0 bridgehead atoms. The number of nitrogens with one attached hydrogen (secondary N) is 1. The molecular formula is C26H29F2N5O3. The van der Waals surface area contributed by atoms with Crippen molar-refractivity contribution in [2.75, 3.05) is 36.5 Å². The van der Waals surface area contributed by atoms with Gasteiger partial charge in [0, 0.05) is 55.3 Å². The molecule has 0 amide bonds. The van der Waals surface area contributed by atoms with Gasteiger partial charge in [-0.2, -0.15) is 4.98 Å². The van der Waals surface area contributed by atoms with Gasteiger partial charge in [0.15, 0.2) is 0 Å². The minimum atomic E-state index is -2.64. The molecule has 2 N–H and O–H groups in total. The van der Waals surface area contributed by atoms with E-state index in [0.717, 1.165) is 42.8 Å². The van der Waals surface area contributed by atoms with Crippen LogP contribution in [0.5, 0.6) is 0 Å². The standard InChI is InChI=1S/C26H29F2N5O3/c27-26(28)8-15(9-26)30-24-29-10-21-19-6-3-17(32-11-25(12-32)13-36-14-25)7-20(19)23(35)33(22(21)31-24)16-1-4-18(34)5-2-16/h3,6-7,10,15-16,18,34H,1-2,4-5,8-9,11-14H2,(H,29,30,31)/t16-,18-. The minimum Gasteiger partial charge on any atom is -0.393 e.